The van der Waals surface area contributed by atoms with Crippen LogP contribution in [0.15, 0.2) is 0 Å². The Morgan fingerprint density at radius 3 is 1.58 bits per heavy atom. The molecule has 0 radical (unpaired) electrons. The third kappa shape index (κ3) is 13.9. The Labute approximate surface area is 255 Å². The van der Waals surface area contributed by atoms with E-state index in [0.29, 0.717) is 0 Å². The summed E-state index contributed by atoms with van der Waals surface area (Å²) >= 11 is 0. The Hall–Kier alpha value is -0.970. The van der Waals surface area contributed by atoms with Crippen LogP contribution in [0, 0.1) is 0 Å². The number of carbonyl (C=O) groups is 1. The van der Waals surface area contributed by atoms with Crippen molar-refractivity contribution in [1.29, 1.82) is 0 Å². The molecule has 2 rings (SSSR count). The maximum Gasteiger partial charge on any atom is 0.221 e. The summed E-state index contributed by atoms with van der Waals surface area (Å²) in [6.45, 7) is -0.136. The molecule has 0 aromatic carbocycles. The molecule has 2 heterocycles. The highest BCUT2D eigenvalue weighted by Gasteiger charge is 2.57. The number of unbranched alkanes of at least 4 members (excludes halogenated alkanes) is 14. The Morgan fingerprint density at radius 2 is 1.19 bits per heavy atom. The smallest absolute Gasteiger partial charge is 0.221 e. The van der Waals surface area contributed by atoms with E-state index in [2.05, 4.69) is 6.92 Å². The van der Waals surface area contributed by atoms with E-state index in [0.717, 1.165) is 12.8 Å². The summed E-state index contributed by atoms with van der Waals surface area (Å²) in [4.78, 5) is 10.2. The van der Waals surface area contributed by atoms with Crippen molar-refractivity contribution in [3.8, 4) is 0 Å². The number of rotatable bonds is 21. The van der Waals surface area contributed by atoms with Crippen LogP contribution in [0.1, 0.15) is 110 Å². The lowest BCUT2D eigenvalue weighted by atomic mass is 9.98. The topological polar surface area (TPSA) is 232 Å². The minimum Gasteiger partial charge on any atom is -0.829 e. The summed E-state index contributed by atoms with van der Waals surface area (Å²) < 4.78 is 15.0. The lowest BCUT2D eigenvalue weighted by Crippen LogP contribution is -2.66. The number of aliphatic hydroxyl groups excluding tert-OH is 7. The van der Waals surface area contributed by atoms with Crippen LogP contribution in [0.4, 0.5) is 0 Å². The van der Waals surface area contributed by atoms with Crippen molar-refractivity contribution >= 4 is 5.97 Å². The Morgan fingerprint density at radius 1 is 0.721 bits per heavy atom. The molecule has 13 nitrogen and oxygen atoms in total. The van der Waals surface area contributed by atoms with Gasteiger partial charge in [-0.15, -0.1) is 0 Å². The van der Waals surface area contributed by atoms with Gasteiger partial charge in [0.2, 0.25) is 5.79 Å². The van der Waals surface area contributed by atoms with Crippen molar-refractivity contribution in [2.75, 3.05) is 19.8 Å². The lowest BCUT2D eigenvalue weighted by Gasteiger charge is -2.48. The van der Waals surface area contributed by atoms with Crippen LogP contribution in [0.5, 0.6) is 0 Å². The average Bonchev–Trinajstić information content (AvgIpc) is 3.24. The van der Waals surface area contributed by atoms with Crippen LogP contribution in [-0.2, 0) is 19.0 Å². The van der Waals surface area contributed by atoms with Gasteiger partial charge in [-0.3, -0.25) is 0 Å². The van der Waals surface area contributed by atoms with Gasteiger partial charge in [0, 0.05) is 12.3 Å². The molecular weight excluding hydrogens is 568 g/mol. The molecule has 9 atom stereocenters. The number of aliphatic carboxylic acids is 1. The first-order chi connectivity index (χ1) is 20.6. The number of ether oxygens (including phenoxy) is 3. The van der Waals surface area contributed by atoms with Gasteiger partial charge in [-0.25, -0.2) is 0 Å². The van der Waals surface area contributed by atoms with Gasteiger partial charge in [-0.05, 0) is 12.8 Å². The third-order valence-corrected chi connectivity index (χ3v) is 8.05. The number of carboxylic acids is 1. The Kier molecular flexibility index (Phi) is 21.0. The largest absolute Gasteiger partial charge is 0.829 e. The fourth-order valence-corrected chi connectivity index (χ4v) is 5.32. The summed E-state index contributed by atoms with van der Waals surface area (Å²) in [5, 5.41) is 89.1. The van der Waals surface area contributed by atoms with Gasteiger partial charge in [-0.2, -0.15) is 0 Å². The summed E-state index contributed by atoms with van der Waals surface area (Å²) in [7, 11) is 0. The molecule has 13 heteroatoms. The van der Waals surface area contributed by atoms with Gasteiger partial charge < -0.3 is 65.0 Å². The molecule has 0 amide bonds. The molecular formula is C30H56O13-2. The van der Waals surface area contributed by atoms with E-state index in [9.17, 15) is 40.5 Å². The first-order valence-electron chi connectivity index (χ1n) is 16.0. The second-order valence-corrected chi connectivity index (χ2v) is 11.6. The zero-order chi connectivity index (χ0) is 32.3. The quantitative estimate of drug-likeness (QED) is 0.0758. The molecule has 0 saturated carbocycles. The molecule has 256 valence electrons. The molecule has 0 unspecified atom stereocenters. The molecule has 2 aliphatic rings. The van der Waals surface area contributed by atoms with Crippen LogP contribution >= 0.6 is 0 Å². The van der Waals surface area contributed by atoms with Crippen molar-refractivity contribution in [2.24, 2.45) is 0 Å². The van der Waals surface area contributed by atoms with Crippen molar-refractivity contribution in [3.05, 3.63) is 0 Å². The minimum absolute atomic E-state index is 0.234. The maximum absolute atomic E-state index is 11.9. The van der Waals surface area contributed by atoms with Gasteiger partial charge >= 0.3 is 0 Å². The highest BCUT2D eigenvalue weighted by molar-refractivity contribution is 5.64. The zero-order valence-electron chi connectivity index (χ0n) is 25.6. The highest BCUT2D eigenvalue weighted by Crippen LogP contribution is 2.35. The normalized spacial score (nSPS) is 32.4. The monoisotopic (exact) mass is 624 g/mol. The molecule has 0 aromatic rings. The fourth-order valence-electron chi connectivity index (χ4n) is 5.32. The molecule has 0 spiro atoms. The van der Waals surface area contributed by atoms with E-state index in [1.54, 1.807) is 0 Å². The molecule has 0 bridgehead atoms. The highest BCUT2D eigenvalue weighted by atomic mass is 16.8. The summed E-state index contributed by atoms with van der Waals surface area (Å²) in [5.41, 5.74) is 0. The third-order valence-electron chi connectivity index (χ3n) is 8.05. The van der Waals surface area contributed by atoms with Gasteiger partial charge in [0.25, 0.3) is 0 Å². The molecule has 43 heavy (non-hydrogen) atoms. The van der Waals surface area contributed by atoms with E-state index in [1.165, 1.54) is 83.5 Å². The van der Waals surface area contributed by atoms with Crippen LogP contribution in [0.3, 0.4) is 0 Å². The van der Waals surface area contributed by atoms with E-state index in [-0.39, 0.29) is 6.42 Å². The van der Waals surface area contributed by atoms with Crippen molar-refractivity contribution < 1.29 is 65.0 Å². The van der Waals surface area contributed by atoms with Gasteiger partial charge in [0.1, 0.15) is 49.3 Å². The van der Waals surface area contributed by atoms with Crippen molar-refractivity contribution in [2.45, 2.75) is 164 Å². The van der Waals surface area contributed by atoms with E-state index in [4.69, 9.17) is 24.4 Å². The van der Waals surface area contributed by atoms with E-state index < -0.39 is 80.6 Å². The SMILES string of the molecule is CCCCCCCCCCCCCCCCCC(=O)[O-].[O-][C@H]1O[C@H](CO)[C@@H](O)[C@H](O)[C@H]1O[C@]1(CO)O[C@H](CO)[C@@H](O)[C@@H]1O. The van der Waals surface area contributed by atoms with E-state index in [1.807, 2.05) is 0 Å². The van der Waals surface area contributed by atoms with Gasteiger partial charge in [-0.1, -0.05) is 96.8 Å². The summed E-state index contributed by atoms with van der Waals surface area (Å²) in [6, 6.07) is 0. The molecule has 2 aliphatic heterocycles. The summed E-state index contributed by atoms with van der Waals surface area (Å²) in [5.74, 6) is -3.18. The molecule has 0 aromatic heterocycles. The number of carboxylic acid groups (broad SMARTS) is 1. The second-order valence-electron chi connectivity index (χ2n) is 11.6. The van der Waals surface area contributed by atoms with Crippen molar-refractivity contribution in [1.82, 2.24) is 0 Å². The van der Waals surface area contributed by atoms with Crippen LogP contribution in [-0.4, -0.2) is 116 Å². The lowest BCUT2D eigenvalue weighted by molar-refractivity contribution is -0.543. The summed E-state index contributed by atoms with van der Waals surface area (Å²) in [6.07, 6.45) is 6.56. The second kappa shape index (κ2) is 22.5. The predicted octanol–water partition coefficient (Wildman–Crippen LogP) is -1.03. The van der Waals surface area contributed by atoms with Gasteiger partial charge in [0.05, 0.1) is 13.2 Å². The number of hydrogen-bond acceptors (Lipinski definition) is 13. The van der Waals surface area contributed by atoms with Crippen LogP contribution < -0.4 is 10.2 Å². The average molecular weight is 625 g/mol. The Bertz CT molecular complexity index is 714. The van der Waals surface area contributed by atoms with Crippen molar-refractivity contribution in [3.63, 3.8) is 0 Å². The molecule has 2 fully saturated rings. The zero-order valence-corrected chi connectivity index (χ0v) is 25.6. The standard InChI is InChI=1S/C18H36O2.C12H21O11/c1-2-3-4-5-6-7-8-9-10-11-12-13-14-15-16-17-18(19)20;13-1-4-6(16)8(18)9(11(20)21-4)23-12(3-15)10(19)7(17)5(2-14)22-12/h2-17H2,1H3,(H,19,20);4-11,13-19H,1-3H2/q;-1/p-1/t;4-,5-,6-,7-,8+,9-,10+,11+,12+/m.1/s1. The van der Waals surface area contributed by atoms with Crippen LogP contribution in [0.25, 0.3) is 0 Å². The molecule has 0 aliphatic carbocycles. The minimum atomic E-state index is -2.28. The van der Waals surface area contributed by atoms with Crippen LogP contribution in [0.2, 0.25) is 0 Å². The van der Waals surface area contributed by atoms with E-state index >= 15 is 0 Å². The fraction of sp³-hybridized carbons (Fsp3) is 0.967. The predicted molar refractivity (Wildman–Crippen MR) is 151 cm³/mol. The first kappa shape index (κ1) is 40.1. The maximum atomic E-state index is 11.9. The number of aliphatic hydroxyl groups is 7. The number of carbonyl (C=O) groups excluding carboxylic acids is 1. The van der Waals surface area contributed by atoms with Gasteiger partial charge in [0.15, 0.2) is 0 Å². The molecule has 7 N–H and O–H groups in total. The first-order valence-corrected chi connectivity index (χ1v) is 16.0. The Balaban J connectivity index is 0.000000436. The molecule has 2 saturated heterocycles. The number of hydrogen-bond donors (Lipinski definition) is 7.